The molecule has 0 bridgehead atoms. The van der Waals surface area contributed by atoms with Crippen LogP contribution in [-0.4, -0.2) is 18.5 Å². The lowest BCUT2D eigenvalue weighted by molar-refractivity contribution is -0.119. The van der Waals surface area contributed by atoms with E-state index in [0.717, 1.165) is 5.39 Å². The number of rotatable bonds is 4. The summed E-state index contributed by atoms with van der Waals surface area (Å²) in [7, 11) is 0. The zero-order valence-electron chi connectivity index (χ0n) is 11.9. The second-order valence-corrected chi connectivity index (χ2v) is 4.75. The van der Waals surface area contributed by atoms with Crippen LogP contribution < -0.4 is 5.32 Å². The fourth-order valence-corrected chi connectivity index (χ4v) is 2.03. The van der Waals surface area contributed by atoms with Gasteiger partial charge in [0.05, 0.1) is 5.69 Å². The quantitative estimate of drug-likeness (QED) is 0.750. The maximum Gasteiger partial charge on any atom is 0.374 e. The third-order valence-corrected chi connectivity index (χ3v) is 3.11. The number of esters is 1. The molecule has 0 aliphatic heterocycles. The Morgan fingerprint density at radius 3 is 2.61 bits per heavy atom. The normalized spacial score (nSPS) is 10.5. The summed E-state index contributed by atoms with van der Waals surface area (Å²) < 4.78 is 23.6. The lowest BCUT2D eigenvalue weighted by Crippen LogP contribution is -2.21. The first kappa shape index (κ1) is 14.8. The van der Waals surface area contributed by atoms with Gasteiger partial charge in [0.2, 0.25) is 5.76 Å². The molecule has 0 saturated carbocycles. The number of fused-ring (bicyclic) bond motifs is 1. The second-order valence-electron chi connectivity index (χ2n) is 4.75. The van der Waals surface area contributed by atoms with Crippen molar-refractivity contribution in [1.29, 1.82) is 0 Å². The highest BCUT2D eigenvalue weighted by atomic mass is 19.1. The number of hydrogen-bond acceptors (Lipinski definition) is 4. The Morgan fingerprint density at radius 2 is 1.83 bits per heavy atom. The molecule has 0 unspecified atom stereocenters. The minimum atomic E-state index is -0.759. The van der Waals surface area contributed by atoms with Crippen molar-refractivity contribution in [3.05, 3.63) is 66.2 Å². The van der Waals surface area contributed by atoms with Crippen molar-refractivity contribution in [2.24, 2.45) is 0 Å². The largest absolute Gasteiger partial charge is 0.450 e. The molecule has 116 valence electrons. The molecule has 0 aliphatic rings. The molecular formula is C17H12FNO4. The maximum atomic E-state index is 13.4. The predicted octanol–water partition coefficient (Wildman–Crippen LogP) is 3.37. The van der Waals surface area contributed by atoms with Gasteiger partial charge in [-0.3, -0.25) is 4.79 Å². The summed E-state index contributed by atoms with van der Waals surface area (Å²) in [5, 5.41) is 3.08. The Kier molecular flexibility index (Phi) is 4.05. The molecule has 0 aliphatic carbocycles. The number of anilines is 1. The first-order chi connectivity index (χ1) is 11.1. The molecule has 1 aromatic heterocycles. The summed E-state index contributed by atoms with van der Waals surface area (Å²) in [5.74, 6) is -1.96. The van der Waals surface area contributed by atoms with E-state index in [2.05, 4.69) is 5.32 Å². The van der Waals surface area contributed by atoms with Crippen LogP contribution in [0.2, 0.25) is 0 Å². The summed E-state index contributed by atoms with van der Waals surface area (Å²) in [4.78, 5) is 23.6. The molecule has 6 heteroatoms. The summed E-state index contributed by atoms with van der Waals surface area (Å²) >= 11 is 0. The molecule has 3 aromatic rings. The van der Waals surface area contributed by atoms with E-state index < -0.39 is 24.3 Å². The highest BCUT2D eigenvalue weighted by molar-refractivity contribution is 5.96. The Balaban J connectivity index is 1.60. The van der Waals surface area contributed by atoms with Crippen molar-refractivity contribution in [2.45, 2.75) is 0 Å². The van der Waals surface area contributed by atoms with Crippen molar-refractivity contribution in [1.82, 2.24) is 0 Å². The number of amides is 1. The lowest BCUT2D eigenvalue weighted by atomic mass is 10.2. The van der Waals surface area contributed by atoms with Crippen LogP contribution in [0.5, 0.6) is 0 Å². The number of nitrogens with one attached hydrogen (secondary N) is 1. The van der Waals surface area contributed by atoms with Gasteiger partial charge in [-0.15, -0.1) is 0 Å². The van der Waals surface area contributed by atoms with Crippen LogP contribution >= 0.6 is 0 Å². The van der Waals surface area contributed by atoms with Crippen LogP contribution in [0.25, 0.3) is 11.0 Å². The Hall–Kier alpha value is -3.15. The molecule has 1 heterocycles. The van der Waals surface area contributed by atoms with E-state index in [9.17, 15) is 14.0 Å². The second kappa shape index (κ2) is 6.31. The smallest absolute Gasteiger partial charge is 0.374 e. The van der Waals surface area contributed by atoms with Crippen LogP contribution in [0.4, 0.5) is 10.1 Å². The molecule has 1 amide bonds. The van der Waals surface area contributed by atoms with E-state index in [0.29, 0.717) is 5.58 Å². The number of hydrogen-bond donors (Lipinski definition) is 1. The predicted molar refractivity (Wildman–Crippen MR) is 81.5 cm³/mol. The fourth-order valence-electron chi connectivity index (χ4n) is 2.03. The van der Waals surface area contributed by atoms with Crippen LogP contribution in [0.15, 0.2) is 59.0 Å². The van der Waals surface area contributed by atoms with Gasteiger partial charge in [0.1, 0.15) is 11.4 Å². The topological polar surface area (TPSA) is 68.5 Å². The number of furan rings is 1. The molecule has 0 radical (unpaired) electrons. The summed E-state index contributed by atoms with van der Waals surface area (Å²) in [6.07, 6.45) is 0. The monoisotopic (exact) mass is 313 g/mol. The Bertz CT molecular complexity index is 839. The van der Waals surface area contributed by atoms with Gasteiger partial charge in [0, 0.05) is 5.39 Å². The van der Waals surface area contributed by atoms with E-state index in [4.69, 9.17) is 9.15 Å². The van der Waals surface area contributed by atoms with Crippen LogP contribution in [0.1, 0.15) is 10.6 Å². The van der Waals surface area contributed by atoms with Crippen molar-refractivity contribution >= 4 is 28.5 Å². The third kappa shape index (κ3) is 3.37. The van der Waals surface area contributed by atoms with Gasteiger partial charge in [-0.1, -0.05) is 30.3 Å². The first-order valence-corrected chi connectivity index (χ1v) is 6.83. The number of para-hydroxylation sites is 2. The minimum absolute atomic E-state index is 0.00453. The zero-order valence-corrected chi connectivity index (χ0v) is 11.9. The first-order valence-electron chi connectivity index (χ1n) is 6.83. The van der Waals surface area contributed by atoms with Crippen molar-refractivity contribution in [2.75, 3.05) is 11.9 Å². The van der Waals surface area contributed by atoms with E-state index in [-0.39, 0.29) is 11.4 Å². The van der Waals surface area contributed by atoms with Crippen LogP contribution in [0, 0.1) is 5.82 Å². The van der Waals surface area contributed by atoms with Gasteiger partial charge >= 0.3 is 5.97 Å². The number of carbonyl (C=O) groups excluding carboxylic acids is 2. The highest BCUT2D eigenvalue weighted by Crippen LogP contribution is 2.19. The molecule has 1 N–H and O–H groups in total. The summed E-state index contributed by atoms with van der Waals surface area (Å²) in [6, 6.07) is 14.4. The van der Waals surface area contributed by atoms with Gasteiger partial charge < -0.3 is 14.5 Å². The van der Waals surface area contributed by atoms with Gasteiger partial charge in [-0.05, 0) is 24.3 Å². The number of halogens is 1. The van der Waals surface area contributed by atoms with Crippen molar-refractivity contribution < 1.29 is 23.1 Å². The third-order valence-electron chi connectivity index (χ3n) is 3.11. The average Bonchev–Trinajstić information content (AvgIpc) is 2.99. The average molecular weight is 313 g/mol. The minimum Gasteiger partial charge on any atom is -0.450 e. The molecule has 0 atom stereocenters. The molecule has 0 spiro atoms. The maximum absolute atomic E-state index is 13.4. The van der Waals surface area contributed by atoms with Gasteiger partial charge in [0.15, 0.2) is 6.61 Å². The molecule has 23 heavy (non-hydrogen) atoms. The number of ether oxygens (including phenoxy) is 1. The zero-order chi connectivity index (χ0) is 16.2. The summed E-state index contributed by atoms with van der Waals surface area (Å²) in [6.45, 7) is -0.537. The summed E-state index contributed by atoms with van der Waals surface area (Å²) in [5.41, 5.74) is 0.576. The van der Waals surface area contributed by atoms with E-state index in [1.165, 1.54) is 24.3 Å². The Labute approximate surface area is 130 Å². The van der Waals surface area contributed by atoms with Crippen molar-refractivity contribution in [3.63, 3.8) is 0 Å². The standard InChI is InChI=1S/C17H12FNO4/c18-12-6-2-3-7-13(12)19-16(20)10-22-17(21)15-9-11-5-1-4-8-14(11)23-15/h1-9H,10H2,(H,19,20). The van der Waals surface area contributed by atoms with E-state index >= 15 is 0 Å². The molecular weight excluding hydrogens is 301 g/mol. The van der Waals surface area contributed by atoms with E-state index in [1.807, 2.05) is 6.07 Å². The molecule has 0 fully saturated rings. The Morgan fingerprint density at radius 1 is 1.09 bits per heavy atom. The highest BCUT2D eigenvalue weighted by Gasteiger charge is 2.15. The SMILES string of the molecule is O=C(COC(=O)c1cc2ccccc2o1)Nc1ccccc1F. The fraction of sp³-hybridized carbons (Fsp3) is 0.0588. The van der Waals surface area contributed by atoms with Gasteiger partial charge in [-0.25, -0.2) is 9.18 Å². The van der Waals surface area contributed by atoms with Crippen molar-refractivity contribution in [3.8, 4) is 0 Å². The number of carbonyl (C=O) groups is 2. The number of benzene rings is 2. The van der Waals surface area contributed by atoms with Crippen LogP contribution in [0.3, 0.4) is 0 Å². The molecule has 0 saturated heterocycles. The van der Waals surface area contributed by atoms with Gasteiger partial charge in [-0.2, -0.15) is 0 Å². The molecule has 2 aromatic carbocycles. The van der Waals surface area contributed by atoms with E-state index in [1.54, 1.807) is 24.3 Å². The molecule has 3 rings (SSSR count). The molecule has 5 nitrogen and oxygen atoms in total. The van der Waals surface area contributed by atoms with Gasteiger partial charge in [0.25, 0.3) is 5.91 Å². The lowest BCUT2D eigenvalue weighted by Gasteiger charge is -2.06. The van der Waals surface area contributed by atoms with Crippen LogP contribution in [-0.2, 0) is 9.53 Å².